The molecule has 4 heterocycles. The number of oxazole rings is 1. The van der Waals surface area contributed by atoms with Crippen LogP contribution in [0.1, 0.15) is 68.2 Å². The van der Waals surface area contributed by atoms with Crippen LogP contribution >= 0.6 is 0 Å². The molecular weight excluding hydrogens is 475 g/mol. The quantitative estimate of drug-likeness (QED) is 0.519. The minimum absolute atomic E-state index is 0.0173. The zero-order valence-electron chi connectivity index (χ0n) is 21.6. The first-order valence-corrected chi connectivity index (χ1v) is 12.9. The molecule has 2 aliphatic rings. The molecule has 2 aromatic heterocycles. The molecule has 1 aromatic carbocycles. The van der Waals surface area contributed by atoms with Gasteiger partial charge >= 0.3 is 0 Å². The summed E-state index contributed by atoms with van der Waals surface area (Å²) >= 11 is 0. The number of hydrogen-bond donors (Lipinski definition) is 0. The molecule has 9 heteroatoms. The van der Waals surface area contributed by atoms with Crippen LogP contribution in [0, 0.1) is 26.6 Å². The molecule has 2 amide bonds. The van der Waals surface area contributed by atoms with Gasteiger partial charge in [0.2, 0.25) is 0 Å². The number of piperidine rings is 1. The van der Waals surface area contributed by atoms with E-state index in [-0.39, 0.29) is 23.5 Å². The number of likely N-dealkylation sites (tertiary alicyclic amines) is 1. The SMILES string of the molecule is Cc1oc(C2CCN(C(=O)c3cc(C)n(Cc4ccc(F)cc4)c3C)CC2)nc1C(=O)N1CCOCC1. The highest BCUT2D eigenvalue weighted by Crippen LogP contribution is 2.30. The third-order valence-corrected chi connectivity index (χ3v) is 7.50. The Morgan fingerprint density at radius 2 is 1.62 bits per heavy atom. The van der Waals surface area contributed by atoms with Crippen molar-refractivity contribution in [3.05, 3.63) is 76.0 Å². The van der Waals surface area contributed by atoms with Gasteiger partial charge in [-0.2, -0.15) is 0 Å². The van der Waals surface area contributed by atoms with E-state index in [4.69, 9.17) is 9.15 Å². The van der Waals surface area contributed by atoms with Crippen LogP contribution in [0.15, 0.2) is 34.7 Å². The predicted molar refractivity (Wildman–Crippen MR) is 135 cm³/mol. The summed E-state index contributed by atoms with van der Waals surface area (Å²) in [7, 11) is 0. The van der Waals surface area contributed by atoms with E-state index in [1.807, 2.05) is 24.8 Å². The summed E-state index contributed by atoms with van der Waals surface area (Å²) in [5, 5.41) is 0. The average molecular weight is 509 g/mol. The Hall–Kier alpha value is -3.46. The Kier molecular flexibility index (Phi) is 7.15. The van der Waals surface area contributed by atoms with Gasteiger partial charge in [-0.15, -0.1) is 0 Å². The number of aryl methyl sites for hydroxylation is 2. The zero-order chi connectivity index (χ0) is 26.1. The fraction of sp³-hybridized carbons (Fsp3) is 0.464. The van der Waals surface area contributed by atoms with Gasteiger partial charge in [-0.3, -0.25) is 9.59 Å². The van der Waals surface area contributed by atoms with E-state index < -0.39 is 0 Å². The first-order chi connectivity index (χ1) is 17.8. The summed E-state index contributed by atoms with van der Waals surface area (Å²) in [5.41, 5.74) is 3.96. The summed E-state index contributed by atoms with van der Waals surface area (Å²) in [4.78, 5) is 34.5. The molecule has 196 valence electrons. The van der Waals surface area contributed by atoms with Gasteiger partial charge in [-0.25, -0.2) is 9.37 Å². The second-order valence-electron chi connectivity index (χ2n) is 9.93. The summed E-state index contributed by atoms with van der Waals surface area (Å²) in [5.74, 6) is 0.837. The van der Waals surface area contributed by atoms with E-state index in [9.17, 15) is 14.0 Å². The largest absolute Gasteiger partial charge is 0.445 e. The smallest absolute Gasteiger partial charge is 0.276 e. The van der Waals surface area contributed by atoms with E-state index in [2.05, 4.69) is 9.55 Å². The number of nitrogens with zero attached hydrogens (tertiary/aromatic N) is 4. The third-order valence-electron chi connectivity index (χ3n) is 7.50. The van der Waals surface area contributed by atoms with Crippen LogP contribution in [0.4, 0.5) is 4.39 Å². The van der Waals surface area contributed by atoms with Gasteiger partial charge in [-0.05, 0) is 57.4 Å². The van der Waals surface area contributed by atoms with Gasteiger partial charge < -0.3 is 23.5 Å². The van der Waals surface area contributed by atoms with Crippen LogP contribution in [0.2, 0.25) is 0 Å². The highest BCUT2D eigenvalue weighted by atomic mass is 19.1. The molecule has 8 nitrogen and oxygen atoms in total. The fourth-order valence-electron chi connectivity index (χ4n) is 5.24. The molecule has 0 saturated carbocycles. The number of carbonyl (C=O) groups excluding carboxylic acids is 2. The molecule has 2 fully saturated rings. The number of rotatable bonds is 5. The molecule has 2 aliphatic heterocycles. The van der Waals surface area contributed by atoms with E-state index in [1.165, 1.54) is 12.1 Å². The number of amides is 2. The second kappa shape index (κ2) is 10.5. The maximum absolute atomic E-state index is 13.4. The van der Waals surface area contributed by atoms with Crippen molar-refractivity contribution >= 4 is 11.8 Å². The molecule has 0 atom stereocenters. The van der Waals surface area contributed by atoms with Crippen molar-refractivity contribution in [1.82, 2.24) is 19.4 Å². The Morgan fingerprint density at radius 1 is 0.973 bits per heavy atom. The Balaban J connectivity index is 1.23. The Bertz CT molecular complexity index is 1280. The first kappa shape index (κ1) is 25.2. The van der Waals surface area contributed by atoms with Gasteiger partial charge in [0, 0.05) is 50.0 Å². The summed E-state index contributed by atoms with van der Waals surface area (Å²) in [6.07, 6.45) is 1.45. The Morgan fingerprint density at radius 3 is 2.30 bits per heavy atom. The van der Waals surface area contributed by atoms with Gasteiger partial charge in [-0.1, -0.05) is 12.1 Å². The van der Waals surface area contributed by atoms with E-state index in [1.54, 1.807) is 24.0 Å². The van der Waals surface area contributed by atoms with Crippen LogP contribution in [0.25, 0.3) is 0 Å². The molecule has 0 bridgehead atoms. The number of aromatic nitrogens is 2. The molecular formula is C28H33FN4O4. The summed E-state index contributed by atoms with van der Waals surface area (Å²) in [6.45, 7) is 9.70. The van der Waals surface area contributed by atoms with Crippen molar-refractivity contribution in [3.8, 4) is 0 Å². The van der Waals surface area contributed by atoms with E-state index >= 15 is 0 Å². The number of ether oxygens (including phenoxy) is 1. The Labute approximate surface area is 216 Å². The molecule has 0 unspecified atom stereocenters. The number of halogens is 1. The van der Waals surface area contributed by atoms with Gasteiger partial charge in [0.25, 0.3) is 11.8 Å². The van der Waals surface area contributed by atoms with Crippen LogP contribution in [0.3, 0.4) is 0 Å². The summed E-state index contributed by atoms with van der Waals surface area (Å²) < 4.78 is 26.6. The zero-order valence-corrected chi connectivity index (χ0v) is 21.6. The number of carbonyl (C=O) groups is 2. The average Bonchev–Trinajstić information content (AvgIpc) is 3.44. The highest BCUT2D eigenvalue weighted by Gasteiger charge is 2.31. The number of benzene rings is 1. The molecule has 2 saturated heterocycles. The van der Waals surface area contributed by atoms with Crippen molar-refractivity contribution in [1.29, 1.82) is 0 Å². The second-order valence-corrected chi connectivity index (χ2v) is 9.93. The van der Waals surface area contributed by atoms with Crippen molar-refractivity contribution in [3.63, 3.8) is 0 Å². The van der Waals surface area contributed by atoms with Crippen molar-refractivity contribution in [2.75, 3.05) is 39.4 Å². The minimum atomic E-state index is -0.260. The van der Waals surface area contributed by atoms with Crippen LogP contribution in [0.5, 0.6) is 0 Å². The van der Waals surface area contributed by atoms with Crippen LogP contribution in [-0.4, -0.2) is 70.6 Å². The third kappa shape index (κ3) is 5.18. The summed E-state index contributed by atoms with van der Waals surface area (Å²) in [6, 6.07) is 8.39. The maximum Gasteiger partial charge on any atom is 0.276 e. The lowest BCUT2D eigenvalue weighted by Gasteiger charge is -2.30. The van der Waals surface area contributed by atoms with Crippen LogP contribution in [-0.2, 0) is 11.3 Å². The lowest BCUT2D eigenvalue weighted by Crippen LogP contribution is -2.41. The number of hydrogen-bond acceptors (Lipinski definition) is 5. The van der Waals surface area contributed by atoms with Gasteiger partial charge in [0.1, 0.15) is 11.6 Å². The van der Waals surface area contributed by atoms with Crippen molar-refractivity contribution in [2.24, 2.45) is 0 Å². The number of morpholine rings is 1. The minimum Gasteiger partial charge on any atom is -0.445 e. The van der Waals surface area contributed by atoms with Gasteiger partial charge in [0.15, 0.2) is 11.6 Å². The first-order valence-electron chi connectivity index (χ1n) is 12.9. The topological polar surface area (TPSA) is 80.8 Å². The lowest BCUT2D eigenvalue weighted by molar-refractivity contribution is 0.0298. The molecule has 0 spiro atoms. The van der Waals surface area contributed by atoms with Crippen LogP contribution < -0.4 is 0 Å². The monoisotopic (exact) mass is 508 g/mol. The highest BCUT2D eigenvalue weighted by molar-refractivity contribution is 5.96. The molecule has 37 heavy (non-hydrogen) atoms. The van der Waals surface area contributed by atoms with Crippen molar-refractivity contribution in [2.45, 2.75) is 46.1 Å². The van der Waals surface area contributed by atoms with E-state index in [0.29, 0.717) is 68.8 Å². The predicted octanol–water partition coefficient (Wildman–Crippen LogP) is 4.08. The molecule has 3 aromatic rings. The van der Waals surface area contributed by atoms with E-state index in [0.717, 1.165) is 29.8 Å². The molecule has 5 rings (SSSR count). The van der Waals surface area contributed by atoms with Gasteiger partial charge in [0.05, 0.1) is 18.8 Å². The fourth-order valence-corrected chi connectivity index (χ4v) is 5.24. The standard InChI is InChI=1S/C28H33FN4O4/c1-18-16-24(19(2)33(18)17-21-4-6-23(29)7-5-21)27(34)31-10-8-22(9-11-31)26-30-25(20(3)37-26)28(35)32-12-14-36-15-13-32/h4-7,16,22H,8-15,17H2,1-3H3. The van der Waals surface area contributed by atoms with Crippen molar-refractivity contribution < 1.29 is 23.1 Å². The molecule has 0 radical (unpaired) electrons. The maximum atomic E-state index is 13.4. The lowest BCUT2D eigenvalue weighted by atomic mass is 9.96. The normalized spacial score (nSPS) is 16.9. The molecule has 0 aliphatic carbocycles. The molecule has 0 N–H and O–H groups in total.